The van der Waals surface area contributed by atoms with Gasteiger partial charge in [-0.3, -0.25) is 4.79 Å². The number of hydrogen-bond acceptors (Lipinski definition) is 1. The average molecular weight is 159 g/mol. The molecule has 0 saturated carbocycles. The Bertz CT molecular complexity index is 138. The molecule has 1 unspecified atom stereocenters. The minimum atomic E-state index is 0.227. The highest BCUT2D eigenvalue weighted by atomic mass is 31.0. The van der Waals surface area contributed by atoms with Crippen LogP contribution in [0.2, 0.25) is 0 Å². The minimum Gasteiger partial charge on any atom is -0.340 e. The average Bonchev–Trinajstić information content (AvgIpc) is 2.33. The summed E-state index contributed by atoms with van der Waals surface area (Å²) in [6.07, 6.45) is 3.39. The van der Waals surface area contributed by atoms with Crippen LogP contribution in [-0.2, 0) is 4.79 Å². The molecular formula is C7H14NOP. The molecule has 3 heteroatoms. The number of amides is 1. The Morgan fingerprint density at radius 1 is 1.80 bits per heavy atom. The van der Waals surface area contributed by atoms with Gasteiger partial charge in [0, 0.05) is 19.5 Å². The highest BCUT2D eigenvalue weighted by Gasteiger charge is 2.24. The van der Waals surface area contributed by atoms with Crippen molar-refractivity contribution in [3.63, 3.8) is 0 Å². The molecule has 1 fully saturated rings. The standard InChI is InChI=1S/C7H14NOP/c1-6(9)8-4-2-3-7(8)5-10/h7H,2-5,10H2,1H3/t7-/m0/s1. The minimum absolute atomic E-state index is 0.227. The number of nitrogens with zero attached hydrogens (tertiary/aromatic N) is 1. The number of rotatable bonds is 1. The second-order valence-electron chi connectivity index (χ2n) is 2.74. The van der Waals surface area contributed by atoms with Crippen molar-refractivity contribution in [2.75, 3.05) is 12.7 Å². The van der Waals surface area contributed by atoms with E-state index in [2.05, 4.69) is 9.24 Å². The molecule has 0 aliphatic carbocycles. The van der Waals surface area contributed by atoms with Crippen molar-refractivity contribution in [1.82, 2.24) is 4.90 Å². The fourth-order valence-corrected chi connectivity index (χ4v) is 1.99. The SMILES string of the molecule is CC(=O)N1CCC[C@H]1CP. The fraction of sp³-hybridized carbons (Fsp3) is 0.857. The van der Waals surface area contributed by atoms with Crippen molar-refractivity contribution >= 4 is 15.1 Å². The summed E-state index contributed by atoms with van der Waals surface area (Å²) >= 11 is 0. The van der Waals surface area contributed by atoms with E-state index < -0.39 is 0 Å². The summed E-state index contributed by atoms with van der Waals surface area (Å²) < 4.78 is 0. The van der Waals surface area contributed by atoms with E-state index in [0.29, 0.717) is 6.04 Å². The number of hydrogen-bond donors (Lipinski definition) is 0. The highest BCUT2D eigenvalue weighted by Crippen LogP contribution is 2.18. The van der Waals surface area contributed by atoms with Gasteiger partial charge in [-0.1, -0.05) is 0 Å². The maximum atomic E-state index is 10.9. The fourth-order valence-electron chi connectivity index (χ4n) is 1.50. The van der Waals surface area contributed by atoms with E-state index in [1.54, 1.807) is 6.92 Å². The Kier molecular flexibility index (Phi) is 2.67. The third-order valence-corrected chi connectivity index (χ3v) is 2.60. The van der Waals surface area contributed by atoms with Gasteiger partial charge in [0.15, 0.2) is 0 Å². The van der Waals surface area contributed by atoms with Crippen LogP contribution in [0.1, 0.15) is 19.8 Å². The summed E-state index contributed by atoms with van der Waals surface area (Å²) in [7, 11) is 2.70. The monoisotopic (exact) mass is 159 g/mol. The summed E-state index contributed by atoms with van der Waals surface area (Å²) in [5, 5.41) is 0. The second kappa shape index (κ2) is 3.34. The van der Waals surface area contributed by atoms with Crippen molar-refractivity contribution in [2.24, 2.45) is 0 Å². The second-order valence-corrected chi connectivity index (χ2v) is 3.22. The highest BCUT2D eigenvalue weighted by molar-refractivity contribution is 7.16. The normalized spacial score (nSPS) is 25.4. The quantitative estimate of drug-likeness (QED) is 0.520. The first-order valence-corrected chi connectivity index (χ1v) is 4.54. The summed E-state index contributed by atoms with van der Waals surface area (Å²) in [4.78, 5) is 12.9. The number of likely N-dealkylation sites (tertiary alicyclic amines) is 1. The molecule has 1 saturated heterocycles. The molecule has 0 aromatic heterocycles. The van der Waals surface area contributed by atoms with Crippen molar-refractivity contribution < 1.29 is 4.79 Å². The molecule has 0 aromatic carbocycles. The van der Waals surface area contributed by atoms with Gasteiger partial charge in [0.25, 0.3) is 0 Å². The van der Waals surface area contributed by atoms with Crippen molar-refractivity contribution in [3.8, 4) is 0 Å². The molecule has 1 aliphatic heterocycles. The van der Waals surface area contributed by atoms with Gasteiger partial charge in [0.2, 0.25) is 5.91 Å². The molecule has 0 spiro atoms. The summed E-state index contributed by atoms with van der Waals surface area (Å²) in [5.74, 6) is 0.227. The van der Waals surface area contributed by atoms with Gasteiger partial charge in [-0.2, -0.15) is 0 Å². The van der Waals surface area contributed by atoms with Crippen molar-refractivity contribution in [2.45, 2.75) is 25.8 Å². The Labute approximate surface area is 64.2 Å². The first-order chi connectivity index (χ1) is 4.75. The van der Waals surface area contributed by atoms with Gasteiger partial charge < -0.3 is 4.90 Å². The zero-order valence-corrected chi connectivity index (χ0v) is 7.49. The first-order valence-electron chi connectivity index (χ1n) is 3.73. The van der Waals surface area contributed by atoms with E-state index in [-0.39, 0.29) is 5.91 Å². The molecular weight excluding hydrogens is 145 g/mol. The van der Waals surface area contributed by atoms with Crippen LogP contribution >= 0.6 is 9.24 Å². The predicted molar refractivity (Wildman–Crippen MR) is 45.0 cm³/mol. The van der Waals surface area contributed by atoms with Crippen LogP contribution in [0.15, 0.2) is 0 Å². The van der Waals surface area contributed by atoms with Gasteiger partial charge in [0.05, 0.1) is 0 Å². The summed E-state index contributed by atoms with van der Waals surface area (Å²) in [6.45, 7) is 2.62. The van der Waals surface area contributed by atoms with E-state index in [4.69, 9.17) is 0 Å². The molecule has 0 N–H and O–H groups in total. The maximum Gasteiger partial charge on any atom is 0.219 e. The van der Waals surface area contributed by atoms with Crippen LogP contribution in [0.4, 0.5) is 0 Å². The first kappa shape index (κ1) is 8.00. The molecule has 0 radical (unpaired) electrons. The van der Waals surface area contributed by atoms with E-state index in [0.717, 1.165) is 12.7 Å². The molecule has 2 atom stereocenters. The lowest BCUT2D eigenvalue weighted by atomic mass is 10.2. The zero-order valence-electron chi connectivity index (χ0n) is 6.34. The third-order valence-electron chi connectivity index (χ3n) is 2.05. The van der Waals surface area contributed by atoms with Gasteiger partial charge in [-0.15, -0.1) is 9.24 Å². The van der Waals surface area contributed by atoms with Gasteiger partial charge in [-0.25, -0.2) is 0 Å². The summed E-state index contributed by atoms with van der Waals surface area (Å²) in [5.41, 5.74) is 0. The van der Waals surface area contributed by atoms with Crippen LogP contribution in [0.5, 0.6) is 0 Å². The largest absolute Gasteiger partial charge is 0.340 e. The van der Waals surface area contributed by atoms with Crippen molar-refractivity contribution in [1.29, 1.82) is 0 Å². The molecule has 10 heavy (non-hydrogen) atoms. The molecule has 0 aromatic rings. The molecule has 1 aliphatic rings. The number of carbonyl (C=O) groups excluding carboxylic acids is 1. The van der Waals surface area contributed by atoms with Crippen LogP contribution in [0, 0.1) is 0 Å². The lowest BCUT2D eigenvalue weighted by Gasteiger charge is -2.21. The molecule has 1 heterocycles. The van der Waals surface area contributed by atoms with Gasteiger partial charge in [-0.05, 0) is 19.0 Å². The van der Waals surface area contributed by atoms with Crippen molar-refractivity contribution in [3.05, 3.63) is 0 Å². The topological polar surface area (TPSA) is 20.3 Å². The Morgan fingerprint density at radius 3 is 2.90 bits per heavy atom. The zero-order chi connectivity index (χ0) is 7.56. The third kappa shape index (κ3) is 1.49. The Hall–Kier alpha value is -0.100. The van der Waals surface area contributed by atoms with Crippen LogP contribution in [0.25, 0.3) is 0 Å². The predicted octanol–water partition coefficient (Wildman–Crippen LogP) is 0.872. The molecule has 2 nitrogen and oxygen atoms in total. The Morgan fingerprint density at radius 2 is 2.50 bits per heavy atom. The van der Waals surface area contributed by atoms with E-state index in [9.17, 15) is 4.79 Å². The van der Waals surface area contributed by atoms with E-state index in [1.807, 2.05) is 4.90 Å². The molecule has 0 bridgehead atoms. The lowest BCUT2D eigenvalue weighted by Crippen LogP contribution is -2.34. The van der Waals surface area contributed by atoms with Crippen LogP contribution in [0.3, 0.4) is 0 Å². The molecule has 1 rings (SSSR count). The Balaban J connectivity index is 2.50. The summed E-state index contributed by atoms with van der Waals surface area (Å²) in [6, 6.07) is 0.502. The number of carbonyl (C=O) groups is 1. The van der Waals surface area contributed by atoms with E-state index in [1.165, 1.54) is 12.8 Å². The van der Waals surface area contributed by atoms with E-state index >= 15 is 0 Å². The smallest absolute Gasteiger partial charge is 0.219 e. The van der Waals surface area contributed by atoms with Crippen LogP contribution in [-0.4, -0.2) is 29.6 Å². The maximum absolute atomic E-state index is 10.9. The van der Waals surface area contributed by atoms with Gasteiger partial charge in [0.1, 0.15) is 0 Å². The molecule has 1 amide bonds. The van der Waals surface area contributed by atoms with Crippen LogP contribution < -0.4 is 0 Å². The molecule has 58 valence electrons. The lowest BCUT2D eigenvalue weighted by molar-refractivity contribution is -0.129. The van der Waals surface area contributed by atoms with Gasteiger partial charge >= 0.3 is 0 Å².